The third kappa shape index (κ3) is 21.2. The van der Waals surface area contributed by atoms with Crippen LogP contribution >= 0.6 is 0 Å². The topological polar surface area (TPSA) is 66.4 Å². The van der Waals surface area contributed by atoms with Crippen LogP contribution in [0.5, 0.6) is 0 Å². The maximum atomic E-state index is 11.3. The van der Waals surface area contributed by atoms with Gasteiger partial charge in [0.15, 0.2) is 0 Å². The normalized spacial score (nSPS) is 11.7. The van der Waals surface area contributed by atoms with Crippen molar-refractivity contribution in [3.63, 3.8) is 0 Å². The molecular weight excluding hydrogens is 402 g/mol. The van der Waals surface area contributed by atoms with E-state index in [4.69, 9.17) is 0 Å². The molecule has 0 fully saturated rings. The molecule has 0 aromatic carbocycles. The van der Waals surface area contributed by atoms with Crippen molar-refractivity contribution in [3.8, 4) is 0 Å². The molecule has 1 unspecified atom stereocenters. The van der Waals surface area contributed by atoms with Gasteiger partial charge in [0.2, 0.25) is 0 Å². The van der Waals surface area contributed by atoms with E-state index < -0.39 is 18.0 Å². The van der Waals surface area contributed by atoms with Gasteiger partial charge >= 0.3 is 64.2 Å². The van der Waals surface area contributed by atoms with Gasteiger partial charge in [-0.15, -0.1) is 0 Å². The summed E-state index contributed by atoms with van der Waals surface area (Å²) in [6, 6.07) is 0. The first kappa shape index (κ1) is 29.1. The van der Waals surface area contributed by atoms with Crippen molar-refractivity contribution in [2.75, 3.05) is 0 Å². The molecule has 0 aromatic heterocycles. The Labute approximate surface area is 210 Å². The third-order valence-electron chi connectivity index (χ3n) is 4.53. The Kier molecular flexibility index (Phi) is 24.9. The minimum Gasteiger partial charge on any atom is -0.844 e. The third-order valence-corrected chi connectivity index (χ3v) is 4.53. The van der Waals surface area contributed by atoms with Gasteiger partial charge in [-0.25, -0.2) is 0 Å². The Balaban J connectivity index is 0. The summed E-state index contributed by atoms with van der Waals surface area (Å²) in [5.74, 6) is -1.53. The number of rotatable bonds is 17. The van der Waals surface area contributed by atoms with Crippen molar-refractivity contribution in [2.45, 2.75) is 123 Å². The zero-order chi connectivity index (χ0) is 18.8. The van der Waals surface area contributed by atoms with Gasteiger partial charge in [0.05, 0.1) is 0 Å². The Morgan fingerprint density at radius 1 is 0.731 bits per heavy atom. The van der Waals surface area contributed by atoms with E-state index in [1.54, 1.807) is 0 Å². The van der Waals surface area contributed by atoms with Crippen molar-refractivity contribution in [3.05, 3.63) is 0 Å². The molecule has 26 heavy (non-hydrogen) atoms. The van der Waals surface area contributed by atoms with E-state index in [1.807, 2.05) is 0 Å². The maximum Gasteiger partial charge on any atom is 1.00 e. The van der Waals surface area contributed by atoms with Crippen molar-refractivity contribution in [2.24, 2.45) is 0 Å². The maximum absolute atomic E-state index is 11.3. The van der Waals surface area contributed by atoms with E-state index >= 15 is 0 Å². The molecule has 0 radical (unpaired) electrons. The van der Waals surface area contributed by atoms with Crippen molar-refractivity contribution < 1.29 is 77.6 Å². The zero-order valence-corrected chi connectivity index (χ0v) is 22.4. The molecule has 0 saturated heterocycles. The molecule has 0 amide bonds. The predicted octanol–water partition coefficient (Wildman–Crippen LogP) is 2.07. The largest absolute Gasteiger partial charge is 1.00 e. The fourth-order valence-electron chi connectivity index (χ4n) is 2.89. The Morgan fingerprint density at radius 2 is 1.08 bits per heavy atom. The van der Waals surface area contributed by atoms with Gasteiger partial charge in [-0.05, 0) is 12.5 Å². The average molecular weight is 441 g/mol. The monoisotopic (exact) mass is 440 g/mol. The second kappa shape index (κ2) is 22.2. The zero-order valence-electron chi connectivity index (χ0n) is 17.5. The smallest absolute Gasteiger partial charge is 0.844 e. The minimum absolute atomic E-state index is 0. The molecule has 0 aromatic rings. The standard InChI is InChI=1S/C21H39O4.Rb/c1-3-4-5-6-7-8-9-10-11-12-13-14-15-16-17-18-20(23)25-21(24)19(2)22;/h19H,3-18H2,1-2H3;/q-1;+1. The van der Waals surface area contributed by atoms with E-state index in [-0.39, 0.29) is 64.6 Å². The van der Waals surface area contributed by atoms with E-state index in [2.05, 4.69) is 11.7 Å². The molecule has 5 heteroatoms. The molecule has 0 aliphatic carbocycles. The molecule has 1 atom stereocenters. The first-order valence-electron chi connectivity index (χ1n) is 10.5. The quantitative estimate of drug-likeness (QED) is 0.197. The second-order valence-corrected chi connectivity index (χ2v) is 7.14. The van der Waals surface area contributed by atoms with Gasteiger partial charge in [0.25, 0.3) is 5.97 Å². The van der Waals surface area contributed by atoms with Crippen LogP contribution in [0.25, 0.3) is 0 Å². The van der Waals surface area contributed by atoms with Gasteiger partial charge in [0, 0.05) is 6.42 Å². The Hall–Kier alpha value is 0.905. The summed E-state index contributed by atoms with van der Waals surface area (Å²) in [5, 5.41) is 10.7. The number of ether oxygens (including phenoxy) is 1. The van der Waals surface area contributed by atoms with Crippen LogP contribution in [-0.4, -0.2) is 18.0 Å². The molecule has 0 heterocycles. The van der Waals surface area contributed by atoms with Crippen LogP contribution in [0.4, 0.5) is 0 Å². The summed E-state index contributed by atoms with van der Waals surface area (Å²) < 4.78 is 4.44. The van der Waals surface area contributed by atoms with Crippen LogP contribution in [-0.2, 0) is 14.3 Å². The van der Waals surface area contributed by atoms with E-state index in [0.29, 0.717) is 0 Å². The van der Waals surface area contributed by atoms with Crippen molar-refractivity contribution in [1.82, 2.24) is 0 Å². The van der Waals surface area contributed by atoms with Gasteiger partial charge in [-0.3, -0.25) is 9.59 Å². The molecule has 148 valence electrons. The molecule has 0 N–H and O–H groups in total. The first-order valence-corrected chi connectivity index (χ1v) is 10.5. The number of esters is 2. The minimum atomic E-state index is -1.48. The van der Waals surface area contributed by atoms with Crippen LogP contribution in [0.3, 0.4) is 0 Å². The van der Waals surface area contributed by atoms with Gasteiger partial charge < -0.3 is 9.84 Å². The molecule has 0 saturated carbocycles. The average Bonchev–Trinajstić information content (AvgIpc) is 2.58. The van der Waals surface area contributed by atoms with Crippen LogP contribution in [0.2, 0.25) is 0 Å². The SMILES string of the molecule is CCCCCCCCCCCCCCCCCC(=O)OC(=O)C(C)[O-].[Rb+]. The number of hydrogen-bond donors (Lipinski definition) is 0. The molecule has 0 spiro atoms. The molecular formula is C21H39O4Rb. The Morgan fingerprint density at radius 3 is 1.42 bits per heavy atom. The Bertz CT molecular complexity index is 332. The predicted molar refractivity (Wildman–Crippen MR) is 100 cm³/mol. The van der Waals surface area contributed by atoms with E-state index in [1.165, 1.54) is 84.0 Å². The molecule has 0 bridgehead atoms. The summed E-state index contributed by atoms with van der Waals surface area (Å²) in [5.41, 5.74) is 0. The van der Waals surface area contributed by atoms with Gasteiger partial charge in [0.1, 0.15) is 0 Å². The van der Waals surface area contributed by atoms with Gasteiger partial charge in [-0.2, -0.15) is 0 Å². The summed E-state index contributed by atoms with van der Waals surface area (Å²) in [6.07, 6.45) is 17.8. The van der Waals surface area contributed by atoms with Crippen LogP contribution in [0.1, 0.15) is 117 Å². The molecule has 4 nitrogen and oxygen atoms in total. The number of unbranched alkanes of at least 4 members (excludes halogenated alkanes) is 14. The first-order chi connectivity index (χ1) is 12.1. The number of hydrogen-bond acceptors (Lipinski definition) is 4. The summed E-state index contributed by atoms with van der Waals surface area (Å²) in [4.78, 5) is 22.3. The van der Waals surface area contributed by atoms with E-state index in [0.717, 1.165) is 19.3 Å². The summed E-state index contributed by atoms with van der Waals surface area (Å²) >= 11 is 0. The van der Waals surface area contributed by atoms with E-state index in [9.17, 15) is 14.7 Å². The van der Waals surface area contributed by atoms with Crippen molar-refractivity contribution >= 4 is 11.9 Å². The fourth-order valence-corrected chi connectivity index (χ4v) is 2.89. The summed E-state index contributed by atoms with van der Waals surface area (Å²) in [6.45, 7) is 3.44. The molecule has 0 aliphatic rings. The van der Waals surface area contributed by atoms with Gasteiger partial charge in [-0.1, -0.05) is 104 Å². The number of carbonyl (C=O) groups excluding carboxylic acids is 2. The number of carbonyl (C=O) groups is 2. The van der Waals surface area contributed by atoms with Crippen LogP contribution in [0.15, 0.2) is 0 Å². The second-order valence-electron chi connectivity index (χ2n) is 7.14. The summed E-state index contributed by atoms with van der Waals surface area (Å²) in [7, 11) is 0. The molecule has 0 rings (SSSR count). The van der Waals surface area contributed by atoms with Crippen molar-refractivity contribution in [1.29, 1.82) is 0 Å². The fraction of sp³-hybridized carbons (Fsp3) is 0.905. The van der Waals surface area contributed by atoms with Crippen LogP contribution < -0.4 is 63.3 Å². The molecule has 0 aliphatic heterocycles. The van der Waals surface area contributed by atoms with Crippen LogP contribution in [0, 0.1) is 0 Å².